The number of thiocarbonyl (C=S) groups is 1. The maximum Gasteiger partial charge on any atom is 0.291 e. The Morgan fingerprint density at radius 3 is 2.46 bits per heavy atom. The molecule has 0 bridgehead atoms. The maximum absolute atomic E-state index is 11.9. The minimum absolute atomic E-state index is 0.257. The molecule has 0 saturated heterocycles. The number of anilines is 2. The Hall–Kier alpha value is -3.03. The highest BCUT2D eigenvalue weighted by Crippen LogP contribution is 2.17. The summed E-state index contributed by atoms with van der Waals surface area (Å²) >= 11 is 11.2. The van der Waals surface area contributed by atoms with Gasteiger partial charge in [0.15, 0.2) is 10.9 Å². The number of rotatable bonds is 7. The highest BCUT2D eigenvalue weighted by Gasteiger charge is 2.08. The van der Waals surface area contributed by atoms with Gasteiger partial charge in [-0.05, 0) is 66.8 Å². The second kappa shape index (κ2) is 9.77. The molecule has 3 N–H and O–H groups in total. The Morgan fingerprint density at radius 1 is 1.04 bits per heavy atom. The summed E-state index contributed by atoms with van der Waals surface area (Å²) in [5, 5.41) is 9.99. The van der Waals surface area contributed by atoms with Gasteiger partial charge in [0, 0.05) is 16.4 Å². The van der Waals surface area contributed by atoms with Crippen molar-refractivity contribution in [2.24, 2.45) is 0 Å². The predicted octanol–water partition coefficient (Wildman–Crippen LogP) is 4.55. The Labute approximate surface area is 172 Å². The average molecular weight is 416 g/mol. The van der Waals surface area contributed by atoms with Gasteiger partial charge < -0.3 is 25.1 Å². The van der Waals surface area contributed by atoms with Crippen molar-refractivity contribution in [3.8, 4) is 5.75 Å². The standard InChI is InChI=1S/C20H18ClN3O3S/c21-14-3-1-4-17(13-14)26-12-10-22-20(28)24-16-8-6-15(7-9-16)23-19(25)18-5-2-11-27-18/h1-9,11,13H,10,12H2,(H,23,25)(H2,22,24,28). The molecule has 0 radical (unpaired) electrons. The van der Waals surface area contributed by atoms with Crippen molar-refractivity contribution in [1.82, 2.24) is 5.32 Å². The molecule has 0 saturated carbocycles. The summed E-state index contributed by atoms with van der Waals surface area (Å²) in [5.41, 5.74) is 1.45. The molecule has 144 valence electrons. The van der Waals surface area contributed by atoms with E-state index < -0.39 is 0 Å². The van der Waals surface area contributed by atoms with Crippen molar-refractivity contribution in [3.05, 3.63) is 77.7 Å². The highest BCUT2D eigenvalue weighted by atomic mass is 35.5. The Bertz CT molecular complexity index is 930. The Morgan fingerprint density at radius 2 is 1.79 bits per heavy atom. The smallest absolute Gasteiger partial charge is 0.291 e. The molecule has 0 spiro atoms. The largest absolute Gasteiger partial charge is 0.492 e. The molecule has 0 aliphatic rings. The van der Waals surface area contributed by atoms with Gasteiger partial charge in [-0.1, -0.05) is 17.7 Å². The molecule has 0 aliphatic heterocycles. The van der Waals surface area contributed by atoms with E-state index in [1.54, 1.807) is 36.4 Å². The van der Waals surface area contributed by atoms with Crippen LogP contribution in [0.3, 0.4) is 0 Å². The molecule has 2 aromatic carbocycles. The van der Waals surface area contributed by atoms with Crippen LogP contribution in [-0.2, 0) is 0 Å². The van der Waals surface area contributed by atoms with Crippen molar-refractivity contribution < 1.29 is 13.9 Å². The van der Waals surface area contributed by atoms with Crippen molar-refractivity contribution in [2.75, 3.05) is 23.8 Å². The van der Waals surface area contributed by atoms with Crippen LogP contribution in [-0.4, -0.2) is 24.2 Å². The third-order valence-electron chi connectivity index (χ3n) is 3.60. The van der Waals surface area contributed by atoms with Gasteiger partial charge in [0.25, 0.3) is 5.91 Å². The first-order valence-electron chi connectivity index (χ1n) is 8.48. The number of amides is 1. The van der Waals surface area contributed by atoms with Gasteiger partial charge in [-0.2, -0.15) is 0 Å². The van der Waals surface area contributed by atoms with Crippen molar-refractivity contribution >= 4 is 46.2 Å². The molecule has 1 heterocycles. The number of nitrogens with one attached hydrogen (secondary N) is 3. The fourth-order valence-electron chi connectivity index (χ4n) is 2.30. The molecule has 6 nitrogen and oxygen atoms in total. The quantitative estimate of drug-likeness (QED) is 0.388. The number of halogens is 1. The lowest BCUT2D eigenvalue weighted by molar-refractivity contribution is 0.0996. The molecule has 0 aliphatic carbocycles. The van der Waals surface area contributed by atoms with E-state index in [1.807, 2.05) is 24.3 Å². The van der Waals surface area contributed by atoms with Crippen LogP contribution in [0.15, 0.2) is 71.3 Å². The third-order valence-corrected chi connectivity index (χ3v) is 4.08. The molecular formula is C20H18ClN3O3S. The molecular weight excluding hydrogens is 398 g/mol. The number of ether oxygens (including phenoxy) is 1. The average Bonchev–Trinajstić information content (AvgIpc) is 3.22. The summed E-state index contributed by atoms with van der Waals surface area (Å²) in [5.74, 6) is 0.663. The van der Waals surface area contributed by atoms with Crippen molar-refractivity contribution in [1.29, 1.82) is 0 Å². The minimum Gasteiger partial charge on any atom is -0.492 e. The maximum atomic E-state index is 11.9. The summed E-state index contributed by atoms with van der Waals surface area (Å²) in [4.78, 5) is 11.9. The summed E-state index contributed by atoms with van der Waals surface area (Å²) in [6.45, 7) is 0.982. The molecule has 0 atom stereocenters. The summed E-state index contributed by atoms with van der Waals surface area (Å²) in [6.07, 6.45) is 1.45. The zero-order valence-corrected chi connectivity index (χ0v) is 16.3. The van der Waals surface area contributed by atoms with Crippen LogP contribution in [0.1, 0.15) is 10.6 Å². The number of hydrogen-bond donors (Lipinski definition) is 3. The minimum atomic E-state index is -0.303. The van der Waals surface area contributed by atoms with Gasteiger partial charge in [0.1, 0.15) is 12.4 Å². The molecule has 0 fully saturated rings. The SMILES string of the molecule is O=C(Nc1ccc(NC(=S)NCCOc2cccc(Cl)c2)cc1)c1ccco1. The van der Waals surface area contributed by atoms with E-state index >= 15 is 0 Å². The first-order valence-corrected chi connectivity index (χ1v) is 9.27. The summed E-state index contributed by atoms with van der Waals surface area (Å²) in [6, 6.07) is 17.7. The van der Waals surface area contributed by atoms with Crippen LogP contribution in [0.25, 0.3) is 0 Å². The van der Waals surface area contributed by atoms with E-state index in [9.17, 15) is 4.79 Å². The zero-order chi connectivity index (χ0) is 19.8. The number of carbonyl (C=O) groups is 1. The number of benzene rings is 2. The molecule has 3 aromatic rings. The normalized spacial score (nSPS) is 10.2. The van der Waals surface area contributed by atoms with Crippen LogP contribution in [0.5, 0.6) is 5.75 Å². The molecule has 8 heteroatoms. The van der Waals surface area contributed by atoms with E-state index in [-0.39, 0.29) is 11.7 Å². The van der Waals surface area contributed by atoms with E-state index in [1.165, 1.54) is 6.26 Å². The summed E-state index contributed by atoms with van der Waals surface area (Å²) in [7, 11) is 0. The number of furan rings is 1. The Balaban J connectivity index is 1.39. The van der Waals surface area contributed by atoms with E-state index in [4.69, 9.17) is 33.0 Å². The Kier molecular flexibility index (Phi) is 6.89. The van der Waals surface area contributed by atoms with Gasteiger partial charge in [-0.15, -0.1) is 0 Å². The lowest BCUT2D eigenvalue weighted by Gasteiger charge is -2.12. The third kappa shape index (κ3) is 6.00. The monoisotopic (exact) mass is 415 g/mol. The fraction of sp³-hybridized carbons (Fsp3) is 0.100. The van der Waals surface area contributed by atoms with Gasteiger partial charge in [0.2, 0.25) is 0 Å². The molecule has 1 aromatic heterocycles. The van der Waals surface area contributed by atoms with Gasteiger partial charge >= 0.3 is 0 Å². The van der Waals surface area contributed by atoms with Crippen LogP contribution in [0.4, 0.5) is 11.4 Å². The lowest BCUT2D eigenvalue weighted by atomic mass is 10.2. The first kappa shape index (κ1) is 19.7. The highest BCUT2D eigenvalue weighted by molar-refractivity contribution is 7.80. The fourth-order valence-corrected chi connectivity index (χ4v) is 2.70. The van der Waals surface area contributed by atoms with Gasteiger partial charge in [-0.3, -0.25) is 4.79 Å². The van der Waals surface area contributed by atoms with Gasteiger partial charge in [-0.25, -0.2) is 0 Å². The second-order valence-corrected chi connectivity index (χ2v) is 6.54. The van der Waals surface area contributed by atoms with E-state index in [0.29, 0.717) is 34.7 Å². The molecule has 0 unspecified atom stereocenters. The molecule has 28 heavy (non-hydrogen) atoms. The van der Waals surface area contributed by atoms with Crippen LogP contribution in [0.2, 0.25) is 5.02 Å². The van der Waals surface area contributed by atoms with Crippen molar-refractivity contribution in [2.45, 2.75) is 0 Å². The molecule has 3 rings (SSSR count). The van der Waals surface area contributed by atoms with Crippen molar-refractivity contribution in [3.63, 3.8) is 0 Å². The summed E-state index contributed by atoms with van der Waals surface area (Å²) < 4.78 is 10.6. The zero-order valence-electron chi connectivity index (χ0n) is 14.8. The topological polar surface area (TPSA) is 75.5 Å². The van der Waals surface area contributed by atoms with Crippen LogP contribution in [0, 0.1) is 0 Å². The van der Waals surface area contributed by atoms with Crippen LogP contribution < -0.4 is 20.7 Å². The van der Waals surface area contributed by atoms with E-state index in [2.05, 4.69) is 16.0 Å². The lowest BCUT2D eigenvalue weighted by Crippen LogP contribution is -2.31. The number of carbonyl (C=O) groups excluding carboxylic acids is 1. The van der Waals surface area contributed by atoms with E-state index in [0.717, 1.165) is 5.69 Å². The second-order valence-electron chi connectivity index (χ2n) is 5.70. The first-order chi connectivity index (χ1) is 13.6. The number of hydrogen-bond acceptors (Lipinski definition) is 4. The van der Waals surface area contributed by atoms with Crippen LogP contribution >= 0.6 is 23.8 Å². The predicted molar refractivity (Wildman–Crippen MR) is 114 cm³/mol. The van der Waals surface area contributed by atoms with Gasteiger partial charge in [0.05, 0.1) is 12.8 Å². The molecule has 1 amide bonds.